The summed E-state index contributed by atoms with van der Waals surface area (Å²) in [7, 11) is 0. The zero-order valence-electron chi connectivity index (χ0n) is 9.68. The number of hydrogen-bond donors (Lipinski definition) is 0. The van der Waals surface area contributed by atoms with Crippen LogP contribution in [-0.4, -0.2) is 10.1 Å². The maximum Gasteiger partial charge on any atom is 0.239 e. The molecular formula is C12H13ClN2OS. The van der Waals surface area contributed by atoms with E-state index in [-0.39, 0.29) is 5.25 Å². The van der Waals surface area contributed by atoms with Gasteiger partial charge in [0.15, 0.2) is 5.82 Å². The van der Waals surface area contributed by atoms with Crippen molar-refractivity contribution < 1.29 is 4.52 Å². The molecule has 0 amide bonds. The average Bonchev–Trinajstić information content (AvgIpc) is 2.73. The lowest BCUT2D eigenvalue weighted by Gasteiger charge is -2.06. The summed E-state index contributed by atoms with van der Waals surface area (Å²) in [5.74, 6) is 2.23. The van der Waals surface area contributed by atoms with E-state index in [0.717, 1.165) is 10.8 Å². The average molecular weight is 269 g/mol. The summed E-state index contributed by atoms with van der Waals surface area (Å²) in [6, 6.07) is 7.87. The van der Waals surface area contributed by atoms with Crippen molar-refractivity contribution in [1.29, 1.82) is 0 Å². The Balaban J connectivity index is 1.94. The molecule has 0 radical (unpaired) electrons. The summed E-state index contributed by atoms with van der Waals surface area (Å²) in [6.07, 6.45) is 0. The van der Waals surface area contributed by atoms with Crippen LogP contribution >= 0.6 is 23.4 Å². The predicted molar refractivity (Wildman–Crippen MR) is 70.2 cm³/mol. The van der Waals surface area contributed by atoms with Crippen molar-refractivity contribution in [2.45, 2.75) is 24.9 Å². The number of halogens is 1. The van der Waals surface area contributed by atoms with Gasteiger partial charge in [0.05, 0.1) is 5.25 Å². The molecule has 1 atom stereocenters. The molecule has 0 aliphatic heterocycles. The molecular weight excluding hydrogens is 256 g/mol. The van der Waals surface area contributed by atoms with Crippen LogP contribution in [0.3, 0.4) is 0 Å². The van der Waals surface area contributed by atoms with Gasteiger partial charge in [-0.25, -0.2) is 0 Å². The minimum Gasteiger partial charge on any atom is -0.338 e. The fourth-order valence-corrected chi connectivity index (χ4v) is 2.47. The van der Waals surface area contributed by atoms with Gasteiger partial charge in [0.2, 0.25) is 5.89 Å². The Hall–Kier alpha value is -1.00. The van der Waals surface area contributed by atoms with E-state index >= 15 is 0 Å². The number of hydrogen-bond acceptors (Lipinski definition) is 4. The van der Waals surface area contributed by atoms with Gasteiger partial charge in [0.25, 0.3) is 0 Å². The summed E-state index contributed by atoms with van der Waals surface area (Å²) in [5, 5.41) is 4.74. The molecule has 3 nitrogen and oxygen atoms in total. The summed E-state index contributed by atoms with van der Waals surface area (Å²) < 4.78 is 5.13. The standard InChI is InChI=1S/C12H13ClN2OS/c1-8(12-14-9(2)15-16-12)17-7-10-4-3-5-11(13)6-10/h3-6,8H,7H2,1-2H3/t8-/m1/s1. The normalized spacial score (nSPS) is 12.6. The van der Waals surface area contributed by atoms with Crippen molar-refractivity contribution in [2.75, 3.05) is 0 Å². The number of rotatable bonds is 4. The van der Waals surface area contributed by atoms with Crippen molar-refractivity contribution >= 4 is 23.4 Å². The fraction of sp³-hybridized carbons (Fsp3) is 0.333. The van der Waals surface area contributed by atoms with E-state index in [2.05, 4.69) is 23.1 Å². The van der Waals surface area contributed by atoms with Gasteiger partial charge in [-0.05, 0) is 31.5 Å². The molecule has 0 aliphatic carbocycles. The Labute approximate surface area is 110 Å². The molecule has 2 aromatic rings. The van der Waals surface area contributed by atoms with Gasteiger partial charge in [-0.3, -0.25) is 0 Å². The molecule has 0 unspecified atom stereocenters. The van der Waals surface area contributed by atoms with Crippen LogP contribution in [0.15, 0.2) is 28.8 Å². The predicted octanol–water partition coefficient (Wildman–Crippen LogP) is 4.03. The Morgan fingerprint density at radius 3 is 2.94 bits per heavy atom. The number of thioether (sulfide) groups is 1. The van der Waals surface area contributed by atoms with E-state index in [1.807, 2.05) is 25.1 Å². The van der Waals surface area contributed by atoms with Crippen molar-refractivity contribution in [2.24, 2.45) is 0 Å². The first-order chi connectivity index (χ1) is 8.15. The first kappa shape index (κ1) is 12.5. The maximum atomic E-state index is 5.93. The van der Waals surface area contributed by atoms with E-state index in [9.17, 15) is 0 Å². The molecule has 1 heterocycles. The van der Waals surface area contributed by atoms with Gasteiger partial charge in [0, 0.05) is 10.8 Å². The molecule has 17 heavy (non-hydrogen) atoms. The lowest BCUT2D eigenvalue weighted by molar-refractivity contribution is 0.376. The molecule has 0 N–H and O–H groups in total. The third kappa shape index (κ3) is 3.48. The van der Waals surface area contributed by atoms with E-state index in [1.165, 1.54) is 5.56 Å². The molecule has 90 valence electrons. The summed E-state index contributed by atoms with van der Waals surface area (Å²) in [5.41, 5.74) is 1.20. The summed E-state index contributed by atoms with van der Waals surface area (Å²) in [4.78, 5) is 4.22. The highest BCUT2D eigenvalue weighted by molar-refractivity contribution is 7.98. The Bertz CT molecular complexity index is 501. The van der Waals surface area contributed by atoms with E-state index < -0.39 is 0 Å². The molecule has 0 bridgehead atoms. The lowest BCUT2D eigenvalue weighted by atomic mass is 10.2. The van der Waals surface area contributed by atoms with Crippen molar-refractivity contribution in [3.8, 4) is 0 Å². The highest BCUT2D eigenvalue weighted by Crippen LogP contribution is 2.30. The molecule has 0 aliphatic rings. The van der Waals surface area contributed by atoms with E-state index in [0.29, 0.717) is 11.7 Å². The highest BCUT2D eigenvalue weighted by Gasteiger charge is 2.13. The minimum atomic E-state index is 0.190. The highest BCUT2D eigenvalue weighted by atomic mass is 35.5. The zero-order chi connectivity index (χ0) is 12.3. The third-order valence-electron chi connectivity index (χ3n) is 2.28. The molecule has 1 aromatic heterocycles. The minimum absolute atomic E-state index is 0.190. The van der Waals surface area contributed by atoms with Crippen LogP contribution in [0.4, 0.5) is 0 Å². The summed E-state index contributed by atoms with van der Waals surface area (Å²) >= 11 is 7.68. The van der Waals surface area contributed by atoms with Gasteiger partial charge in [-0.2, -0.15) is 4.98 Å². The number of aryl methyl sites for hydroxylation is 1. The first-order valence-electron chi connectivity index (χ1n) is 5.31. The van der Waals surface area contributed by atoms with Crippen LogP contribution in [0.1, 0.15) is 29.5 Å². The van der Waals surface area contributed by atoms with Crippen LogP contribution in [0.2, 0.25) is 5.02 Å². The molecule has 1 aromatic carbocycles. The first-order valence-corrected chi connectivity index (χ1v) is 6.74. The lowest BCUT2D eigenvalue weighted by Crippen LogP contribution is -1.90. The Morgan fingerprint density at radius 1 is 1.47 bits per heavy atom. The van der Waals surface area contributed by atoms with E-state index in [4.69, 9.17) is 16.1 Å². The maximum absolute atomic E-state index is 5.93. The Morgan fingerprint density at radius 2 is 2.29 bits per heavy atom. The van der Waals surface area contributed by atoms with Gasteiger partial charge in [0.1, 0.15) is 0 Å². The molecule has 0 saturated heterocycles. The number of benzene rings is 1. The largest absolute Gasteiger partial charge is 0.338 e. The molecule has 0 spiro atoms. The number of aromatic nitrogens is 2. The quantitative estimate of drug-likeness (QED) is 0.839. The van der Waals surface area contributed by atoms with Crippen molar-refractivity contribution in [3.63, 3.8) is 0 Å². The zero-order valence-corrected chi connectivity index (χ0v) is 11.3. The van der Waals surface area contributed by atoms with Crippen LogP contribution < -0.4 is 0 Å². The van der Waals surface area contributed by atoms with Crippen LogP contribution in [-0.2, 0) is 5.75 Å². The van der Waals surface area contributed by atoms with Gasteiger partial charge >= 0.3 is 0 Å². The van der Waals surface area contributed by atoms with Gasteiger partial charge in [-0.1, -0.05) is 28.9 Å². The van der Waals surface area contributed by atoms with Crippen LogP contribution in [0.5, 0.6) is 0 Å². The fourth-order valence-electron chi connectivity index (χ4n) is 1.40. The van der Waals surface area contributed by atoms with Crippen LogP contribution in [0.25, 0.3) is 0 Å². The second-order valence-electron chi connectivity index (χ2n) is 3.76. The van der Waals surface area contributed by atoms with Crippen molar-refractivity contribution in [3.05, 3.63) is 46.6 Å². The second-order valence-corrected chi connectivity index (χ2v) is 5.53. The van der Waals surface area contributed by atoms with E-state index in [1.54, 1.807) is 11.8 Å². The third-order valence-corrected chi connectivity index (χ3v) is 3.72. The number of nitrogens with zero attached hydrogens (tertiary/aromatic N) is 2. The summed E-state index contributed by atoms with van der Waals surface area (Å²) in [6.45, 7) is 3.88. The topological polar surface area (TPSA) is 38.9 Å². The SMILES string of the molecule is Cc1noc([C@@H](C)SCc2cccc(Cl)c2)n1. The van der Waals surface area contributed by atoms with Crippen molar-refractivity contribution in [1.82, 2.24) is 10.1 Å². The Kier molecular flexibility index (Phi) is 4.07. The molecule has 5 heteroatoms. The monoisotopic (exact) mass is 268 g/mol. The smallest absolute Gasteiger partial charge is 0.239 e. The van der Waals surface area contributed by atoms with Gasteiger partial charge < -0.3 is 4.52 Å². The molecule has 0 saturated carbocycles. The van der Waals surface area contributed by atoms with Gasteiger partial charge in [-0.15, -0.1) is 11.8 Å². The molecule has 2 rings (SSSR count). The second kappa shape index (κ2) is 5.56. The molecule has 0 fully saturated rings. The van der Waals surface area contributed by atoms with Crippen LogP contribution in [0, 0.1) is 6.92 Å².